The van der Waals surface area contributed by atoms with Crippen molar-refractivity contribution in [2.45, 2.75) is 71.9 Å². The monoisotopic (exact) mass is 514 g/mol. The van der Waals surface area contributed by atoms with Crippen LogP contribution in [0.3, 0.4) is 0 Å². The zero-order valence-electron chi connectivity index (χ0n) is 20.3. The summed E-state index contributed by atoms with van der Waals surface area (Å²) in [6.07, 6.45) is -7.02. The van der Waals surface area contributed by atoms with Crippen LogP contribution >= 0.6 is 0 Å². The van der Waals surface area contributed by atoms with Crippen molar-refractivity contribution < 1.29 is 61.5 Å². The van der Waals surface area contributed by atoms with Crippen molar-refractivity contribution in [3.05, 3.63) is 29.6 Å². The van der Waals surface area contributed by atoms with E-state index in [2.05, 4.69) is 0 Å². The molecule has 5 unspecified atom stereocenters. The van der Waals surface area contributed by atoms with Crippen LogP contribution < -0.4 is 4.74 Å². The molecule has 36 heavy (non-hydrogen) atoms. The fourth-order valence-electron chi connectivity index (χ4n) is 3.36. The van der Waals surface area contributed by atoms with Crippen molar-refractivity contribution in [1.29, 1.82) is 0 Å². The van der Waals surface area contributed by atoms with Crippen molar-refractivity contribution in [2.75, 3.05) is 6.61 Å². The third-order valence-corrected chi connectivity index (χ3v) is 4.64. The van der Waals surface area contributed by atoms with Crippen LogP contribution in [-0.4, -0.2) is 67.2 Å². The summed E-state index contributed by atoms with van der Waals surface area (Å²) in [5, 5.41) is 0. The van der Waals surface area contributed by atoms with Gasteiger partial charge in [0.2, 0.25) is 12.4 Å². The van der Waals surface area contributed by atoms with Crippen LogP contribution in [0.25, 0.3) is 0 Å². The summed E-state index contributed by atoms with van der Waals surface area (Å²) in [7, 11) is 0. The standard InChI is InChI=1S/C23H27FO12/c1-11(25)30-9-16-8-17(24)6-7-18(16)35-23-22(34-15(5)29)21(33-14(4)28)20(32-13(3)27)19(36-23)10-31-12(2)26/h6-8,19-23H,9-10H2,1-5H3. The topological polar surface area (TPSA) is 150 Å². The molecular weight excluding hydrogens is 487 g/mol. The lowest BCUT2D eigenvalue weighted by Crippen LogP contribution is -2.63. The van der Waals surface area contributed by atoms with Gasteiger partial charge in [0.1, 0.15) is 30.9 Å². The number of hydrogen-bond donors (Lipinski definition) is 0. The molecule has 1 aromatic carbocycles. The summed E-state index contributed by atoms with van der Waals surface area (Å²) < 4.78 is 51.4. The number of esters is 5. The Kier molecular flexibility index (Phi) is 10.1. The van der Waals surface area contributed by atoms with Crippen molar-refractivity contribution in [3.63, 3.8) is 0 Å². The van der Waals surface area contributed by atoms with Gasteiger partial charge in [-0.1, -0.05) is 0 Å². The van der Waals surface area contributed by atoms with E-state index in [-0.39, 0.29) is 17.9 Å². The van der Waals surface area contributed by atoms with Crippen LogP contribution in [0.4, 0.5) is 4.39 Å². The SMILES string of the molecule is CC(=O)OCc1cc(F)ccc1OC1OC(COC(C)=O)C(OC(C)=O)C(OC(C)=O)C1OC(C)=O. The van der Waals surface area contributed by atoms with Crippen molar-refractivity contribution >= 4 is 29.8 Å². The summed E-state index contributed by atoms with van der Waals surface area (Å²) in [6.45, 7) is 4.77. The minimum absolute atomic E-state index is 0.0152. The van der Waals surface area contributed by atoms with Crippen LogP contribution in [0.2, 0.25) is 0 Å². The molecule has 0 N–H and O–H groups in total. The van der Waals surface area contributed by atoms with Crippen LogP contribution in [0.5, 0.6) is 5.75 Å². The molecule has 0 aliphatic carbocycles. The van der Waals surface area contributed by atoms with Gasteiger partial charge in [0, 0.05) is 40.2 Å². The normalized spacial score (nSPS) is 23.1. The first-order chi connectivity index (χ1) is 16.9. The van der Waals surface area contributed by atoms with Crippen molar-refractivity contribution in [1.82, 2.24) is 0 Å². The van der Waals surface area contributed by atoms with Crippen LogP contribution in [-0.2, 0) is 59.0 Å². The molecular formula is C23H27FO12. The Labute approximate surface area is 205 Å². The van der Waals surface area contributed by atoms with Gasteiger partial charge in [0.15, 0.2) is 12.2 Å². The average molecular weight is 514 g/mol. The molecule has 1 aromatic rings. The molecule has 1 aliphatic heterocycles. The van der Waals surface area contributed by atoms with E-state index >= 15 is 0 Å². The molecule has 13 heteroatoms. The minimum Gasteiger partial charge on any atom is -0.463 e. The summed E-state index contributed by atoms with van der Waals surface area (Å²) in [6, 6.07) is 3.35. The second-order valence-electron chi connectivity index (χ2n) is 7.72. The Balaban J connectivity index is 2.51. The number of carbonyl (C=O) groups is 5. The Morgan fingerprint density at radius 2 is 1.33 bits per heavy atom. The van der Waals surface area contributed by atoms with Crippen LogP contribution in [0.15, 0.2) is 18.2 Å². The molecule has 0 spiro atoms. The van der Waals surface area contributed by atoms with Gasteiger partial charge in [-0.25, -0.2) is 4.39 Å². The zero-order valence-corrected chi connectivity index (χ0v) is 20.3. The molecule has 5 atom stereocenters. The van der Waals surface area contributed by atoms with E-state index in [0.717, 1.165) is 39.8 Å². The smallest absolute Gasteiger partial charge is 0.303 e. The predicted molar refractivity (Wildman–Crippen MR) is 114 cm³/mol. The van der Waals surface area contributed by atoms with Crippen LogP contribution in [0.1, 0.15) is 40.2 Å². The molecule has 0 amide bonds. The van der Waals surface area contributed by atoms with Gasteiger partial charge in [-0.05, 0) is 18.2 Å². The molecule has 12 nitrogen and oxygen atoms in total. The molecule has 1 fully saturated rings. The van der Waals surface area contributed by atoms with E-state index < -0.39 is 73.0 Å². The lowest BCUT2D eigenvalue weighted by molar-refractivity contribution is -0.288. The van der Waals surface area contributed by atoms with Gasteiger partial charge in [0.25, 0.3) is 0 Å². The third kappa shape index (κ3) is 8.48. The lowest BCUT2D eigenvalue weighted by Gasteiger charge is -2.44. The number of halogens is 1. The fourth-order valence-corrected chi connectivity index (χ4v) is 3.36. The Morgan fingerprint density at radius 1 is 0.778 bits per heavy atom. The first-order valence-electron chi connectivity index (χ1n) is 10.8. The molecule has 0 aromatic heterocycles. The quantitative estimate of drug-likeness (QED) is 0.346. The van der Waals surface area contributed by atoms with E-state index in [4.69, 9.17) is 33.2 Å². The molecule has 1 saturated heterocycles. The Morgan fingerprint density at radius 3 is 1.89 bits per heavy atom. The van der Waals surface area contributed by atoms with E-state index in [9.17, 15) is 28.4 Å². The molecule has 1 aliphatic rings. The second kappa shape index (κ2) is 12.8. The summed E-state index contributed by atoms with van der Waals surface area (Å²) in [5.74, 6) is -4.36. The largest absolute Gasteiger partial charge is 0.463 e. The lowest BCUT2D eigenvalue weighted by atomic mass is 9.98. The molecule has 0 radical (unpaired) electrons. The van der Waals surface area contributed by atoms with Gasteiger partial charge in [-0.2, -0.15) is 0 Å². The molecule has 2 rings (SSSR count). The molecule has 0 bridgehead atoms. The Bertz CT molecular complexity index is 993. The fraction of sp³-hybridized carbons (Fsp3) is 0.522. The number of benzene rings is 1. The summed E-state index contributed by atoms with van der Waals surface area (Å²) in [4.78, 5) is 58.2. The summed E-state index contributed by atoms with van der Waals surface area (Å²) >= 11 is 0. The second-order valence-corrected chi connectivity index (χ2v) is 7.72. The molecule has 198 valence electrons. The average Bonchev–Trinajstić information content (AvgIpc) is 2.75. The van der Waals surface area contributed by atoms with Crippen molar-refractivity contribution in [2.24, 2.45) is 0 Å². The molecule has 0 saturated carbocycles. The van der Waals surface area contributed by atoms with Gasteiger partial charge >= 0.3 is 29.8 Å². The third-order valence-electron chi connectivity index (χ3n) is 4.64. The van der Waals surface area contributed by atoms with Gasteiger partial charge in [-0.15, -0.1) is 0 Å². The maximum Gasteiger partial charge on any atom is 0.303 e. The van der Waals surface area contributed by atoms with E-state index in [1.54, 1.807) is 0 Å². The van der Waals surface area contributed by atoms with Crippen LogP contribution in [0, 0.1) is 5.82 Å². The highest BCUT2D eigenvalue weighted by molar-refractivity contribution is 5.69. The van der Waals surface area contributed by atoms with Gasteiger partial charge < -0.3 is 33.2 Å². The minimum atomic E-state index is -1.52. The summed E-state index contributed by atoms with van der Waals surface area (Å²) in [5.41, 5.74) is 0.109. The van der Waals surface area contributed by atoms with Gasteiger partial charge in [0.05, 0.1) is 0 Å². The molecule has 1 heterocycles. The zero-order chi connectivity index (χ0) is 27.0. The Hall–Kier alpha value is -3.74. The number of hydrogen-bond acceptors (Lipinski definition) is 12. The van der Waals surface area contributed by atoms with E-state index in [0.29, 0.717) is 0 Å². The van der Waals surface area contributed by atoms with Crippen molar-refractivity contribution in [3.8, 4) is 5.75 Å². The van der Waals surface area contributed by atoms with E-state index in [1.807, 2.05) is 0 Å². The highest BCUT2D eigenvalue weighted by atomic mass is 19.1. The number of ether oxygens (including phenoxy) is 7. The van der Waals surface area contributed by atoms with E-state index in [1.165, 1.54) is 13.0 Å². The number of carbonyl (C=O) groups excluding carboxylic acids is 5. The highest BCUT2D eigenvalue weighted by Gasteiger charge is 2.53. The maximum absolute atomic E-state index is 13.9. The predicted octanol–water partition coefficient (Wildman–Crippen LogP) is 1.35. The first-order valence-corrected chi connectivity index (χ1v) is 10.8. The number of rotatable bonds is 9. The maximum atomic E-state index is 13.9. The van der Waals surface area contributed by atoms with Gasteiger partial charge in [-0.3, -0.25) is 24.0 Å². The first kappa shape index (κ1) is 28.5. The highest BCUT2D eigenvalue weighted by Crippen LogP contribution is 2.32.